The van der Waals surface area contributed by atoms with Crippen molar-refractivity contribution >= 4 is 27.2 Å². The molecule has 0 unspecified atom stereocenters. The second-order valence-corrected chi connectivity index (χ2v) is 8.45. The number of benzene rings is 2. The Labute approximate surface area is 168 Å². The molecular formula is C23H23N3OS. The summed E-state index contributed by atoms with van der Waals surface area (Å²) in [5, 5.41) is 4.03. The molecule has 4 rings (SSSR count). The lowest BCUT2D eigenvalue weighted by molar-refractivity contribution is 0.956. The number of aromatic nitrogens is 2. The number of H-pyrrole nitrogens is 1. The van der Waals surface area contributed by atoms with E-state index in [0.717, 1.165) is 26.5 Å². The Morgan fingerprint density at radius 3 is 2.46 bits per heavy atom. The molecule has 0 bridgehead atoms. The van der Waals surface area contributed by atoms with Crippen molar-refractivity contribution in [2.45, 2.75) is 34.2 Å². The monoisotopic (exact) mass is 389 g/mol. The summed E-state index contributed by atoms with van der Waals surface area (Å²) < 4.78 is 0. The van der Waals surface area contributed by atoms with Gasteiger partial charge in [-0.25, -0.2) is 4.98 Å². The van der Waals surface area contributed by atoms with Crippen molar-refractivity contribution in [3.8, 4) is 11.1 Å². The number of thiophene rings is 1. The van der Waals surface area contributed by atoms with Crippen molar-refractivity contribution in [3.05, 3.63) is 80.2 Å². The van der Waals surface area contributed by atoms with Gasteiger partial charge in [-0.05, 0) is 56.5 Å². The molecular weight excluding hydrogens is 366 g/mol. The lowest BCUT2D eigenvalue weighted by atomic mass is 10.0. The third-order valence-electron chi connectivity index (χ3n) is 5.09. The highest BCUT2D eigenvalue weighted by Gasteiger charge is 2.16. The van der Waals surface area contributed by atoms with Gasteiger partial charge in [0.25, 0.3) is 5.56 Å². The van der Waals surface area contributed by atoms with Crippen LogP contribution in [0, 0.1) is 27.7 Å². The highest BCUT2D eigenvalue weighted by Crippen LogP contribution is 2.35. The van der Waals surface area contributed by atoms with Crippen LogP contribution in [0.15, 0.2) is 47.3 Å². The second-order valence-electron chi connectivity index (χ2n) is 7.24. The van der Waals surface area contributed by atoms with Gasteiger partial charge >= 0.3 is 0 Å². The van der Waals surface area contributed by atoms with E-state index >= 15 is 0 Å². The zero-order valence-corrected chi connectivity index (χ0v) is 17.3. The molecule has 0 saturated heterocycles. The van der Waals surface area contributed by atoms with E-state index in [0.29, 0.717) is 17.8 Å². The first-order valence-corrected chi connectivity index (χ1v) is 10.1. The fraction of sp³-hybridized carbons (Fsp3) is 0.217. The fourth-order valence-corrected chi connectivity index (χ4v) is 4.42. The predicted octanol–water partition coefficient (Wildman–Crippen LogP) is 5.50. The molecule has 0 fully saturated rings. The van der Waals surface area contributed by atoms with Gasteiger partial charge in [0.2, 0.25) is 0 Å². The number of nitrogens with one attached hydrogen (secondary N) is 2. The maximum absolute atomic E-state index is 12.9. The Kier molecular flexibility index (Phi) is 4.77. The summed E-state index contributed by atoms with van der Waals surface area (Å²) >= 11 is 1.57. The van der Waals surface area contributed by atoms with Gasteiger partial charge in [0.1, 0.15) is 10.7 Å². The van der Waals surface area contributed by atoms with Crippen LogP contribution in [-0.4, -0.2) is 9.97 Å². The molecule has 2 N–H and O–H groups in total. The van der Waals surface area contributed by atoms with Crippen LogP contribution in [-0.2, 0) is 6.54 Å². The third kappa shape index (κ3) is 3.45. The van der Waals surface area contributed by atoms with Gasteiger partial charge < -0.3 is 10.3 Å². The average molecular weight is 390 g/mol. The van der Waals surface area contributed by atoms with E-state index in [-0.39, 0.29) is 5.56 Å². The SMILES string of the molecule is Cc1ccc(-c2c(C)sc3nc(CNc4ccc(C)c(C)c4)[nH]c(=O)c23)cc1. The van der Waals surface area contributed by atoms with Crippen LogP contribution < -0.4 is 10.9 Å². The average Bonchev–Trinajstić information content (AvgIpc) is 3.00. The highest BCUT2D eigenvalue weighted by atomic mass is 32.1. The molecule has 0 atom stereocenters. The number of hydrogen-bond donors (Lipinski definition) is 2. The topological polar surface area (TPSA) is 57.8 Å². The molecule has 0 aliphatic rings. The Bertz CT molecular complexity index is 1220. The molecule has 142 valence electrons. The van der Waals surface area contributed by atoms with Crippen LogP contribution >= 0.6 is 11.3 Å². The number of aromatic amines is 1. The van der Waals surface area contributed by atoms with E-state index < -0.39 is 0 Å². The molecule has 2 aromatic carbocycles. The maximum atomic E-state index is 12.9. The standard InChI is InChI=1S/C23H23N3OS/c1-13-5-8-17(9-6-13)20-16(4)28-23-21(20)22(27)25-19(26-23)12-24-18-10-7-14(2)15(3)11-18/h5-11,24H,12H2,1-4H3,(H,25,26,27). The Morgan fingerprint density at radius 1 is 1.00 bits per heavy atom. The molecule has 0 aliphatic carbocycles. The first-order valence-electron chi connectivity index (χ1n) is 9.33. The molecule has 4 aromatic rings. The minimum absolute atomic E-state index is 0.0817. The fourth-order valence-electron chi connectivity index (χ4n) is 3.35. The Balaban J connectivity index is 1.68. The van der Waals surface area contributed by atoms with Crippen LogP contribution in [0.25, 0.3) is 21.3 Å². The van der Waals surface area contributed by atoms with Gasteiger partial charge in [-0.1, -0.05) is 35.9 Å². The largest absolute Gasteiger partial charge is 0.378 e. The number of hydrogen-bond acceptors (Lipinski definition) is 4. The van der Waals surface area contributed by atoms with Crippen LogP contribution in [0.5, 0.6) is 0 Å². The first-order chi connectivity index (χ1) is 13.4. The minimum Gasteiger partial charge on any atom is -0.378 e. The van der Waals surface area contributed by atoms with Crippen LogP contribution in [0.1, 0.15) is 27.4 Å². The normalized spacial score (nSPS) is 11.1. The molecule has 0 spiro atoms. The van der Waals surface area contributed by atoms with E-state index in [1.165, 1.54) is 16.7 Å². The molecule has 5 heteroatoms. The summed E-state index contributed by atoms with van der Waals surface area (Å²) in [6.07, 6.45) is 0. The highest BCUT2D eigenvalue weighted by molar-refractivity contribution is 7.19. The smallest absolute Gasteiger partial charge is 0.260 e. The van der Waals surface area contributed by atoms with E-state index in [4.69, 9.17) is 4.98 Å². The molecule has 2 aromatic heterocycles. The third-order valence-corrected chi connectivity index (χ3v) is 6.09. The Hall–Kier alpha value is -2.92. The summed E-state index contributed by atoms with van der Waals surface area (Å²) in [6.45, 7) is 8.77. The van der Waals surface area contributed by atoms with E-state index in [9.17, 15) is 4.79 Å². The summed E-state index contributed by atoms with van der Waals surface area (Å²) in [7, 11) is 0. The van der Waals surface area contributed by atoms with Crippen LogP contribution in [0.3, 0.4) is 0 Å². The summed E-state index contributed by atoms with van der Waals surface area (Å²) in [5.74, 6) is 0.646. The number of anilines is 1. The van der Waals surface area contributed by atoms with Gasteiger partial charge in [-0.3, -0.25) is 4.79 Å². The van der Waals surface area contributed by atoms with Gasteiger partial charge in [-0.15, -0.1) is 11.3 Å². The van der Waals surface area contributed by atoms with Crippen molar-refractivity contribution in [1.82, 2.24) is 9.97 Å². The lowest BCUT2D eigenvalue weighted by Gasteiger charge is -2.08. The van der Waals surface area contributed by atoms with Crippen molar-refractivity contribution in [2.75, 3.05) is 5.32 Å². The summed E-state index contributed by atoms with van der Waals surface area (Å²) in [4.78, 5) is 22.4. The molecule has 28 heavy (non-hydrogen) atoms. The van der Waals surface area contributed by atoms with E-state index in [2.05, 4.69) is 67.5 Å². The van der Waals surface area contributed by atoms with Gasteiger partial charge in [0.05, 0.1) is 11.9 Å². The first kappa shape index (κ1) is 18.4. The minimum atomic E-state index is -0.0817. The molecule has 0 aliphatic heterocycles. The molecule has 0 amide bonds. The van der Waals surface area contributed by atoms with Crippen molar-refractivity contribution in [1.29, 1.82) is 0 Å². The quantitative estimate of drug-likeness (QED) is 0.485. The van der Waals surface area contributed by atoms with Gasteiger partial charge in [0.15, 0.2) is 0 Å². The second kappa shape index (κ2) is 7.24. The van der Waals surface area contributed by atoms with Gasteiger partial charge in [-0.2, -0.15) is 0 Å². The molecule has 4 nitrogen and oxygen atoms in total. The van der Waals surface area contributed by atoms with Gasteiger partial charge in [0, 0.05) is 16.1 Å². The zero-order chi connectivity index (χ0) is 19.8. The molecule has 2 heterocycles. The molecule has 0 saturated carbocycles. The zero-order valence-electron chi connectivity index (χ0n) is 16.5. The maximum Gasteiger partial charge on any atom is 0.260 e. The van der Waals surface area contributed by atoms with Crippen molar-refractivity contribution in [3.63, 3.8) is 0 Å². The van der Waals surface area contributed by atoms with Crippen LogP contribution in [0.2, 0.25) is 0 Å². The number of fused-ring (bicyclic) bond motifs is 1. The van der Waals surface area contributed by atoms with Crippen molar-refractivity contribution < 1.29 is 0 Å². The summed E-state index contributed by atoms with van der Waals surface area (Å²) in [6, 6.07) is 14.5. The number of rotatable bonds is 4. The van der Waals surface area contributed by atoms with Crippen LogP contribution in [0.4, 0.5) is 5.69 Å². The predicted molar refractivity (Wildman–Crippen MR) is 118 cm³/mol. The lowest BCUT2D eigenvalue weighted by Crippen LogP contribution is -2.14. The number of nitrogens with zero attached hydrogens (tertiary/aromatic N) is 1. The van der Waals surface area contributed by atoms with Crippen molar-refractivity contribution in [2.24, 2.45) is 0 Å². The molecule has 0 radical (unpaired) electrons. The number of aryl methyl sites for hydroxylation is 4. The van der Waals surface area contributed by atoms with E-state index in [1.54, 1.807) is 11.3 Å². The van der Waals surface area contributed by atoms with E-state index in [1.807, 2.05) is 13.0 Å². The summed E-state index contributed by atoms with van der Waals surface area (Å²) in [5.41, 5.74) is 6.68. The Morgan fingerprint density at radius 2 is 1.75 bits per heavy atom.